The van der Waals surface area contributed by atoms with E-state index in [0.29, 0.717) is 12.0 Å². The summed E-state index contributed by atoms with van der Waals surface area (Å²) in [5.74, 6) is 0.698. The standard InChI is InChI=1S/C10H23ClN2/c1-5-12(6-2)10(9-11)13(7-3)8-4/h10H,5-9H2,1-4H3. The summed E-state index contributed by atoms with van der Waals surface area (Å²) in [4.78, 5) is 4.81. The third-order valence-corrected chi connectivity index (χ3v) is 2.88. The van der Waals surface area contributed by atoms with E-state index in [2.05, 4.69) is 37.5 Å². The van der Waals surface area contributed by atoms with Crippen molar-refractivity contribution in [2.24, 2.45) is 0 Å². The van der Waals surface area contributed by atoms with Crippen LogP contribution < -0.4 is 0 Å². The van der Waals surface area contributed by atoms with Crippen LogP contribution in [0.3, 0.4) is 0 Å². The van der Waals surface area contributed by atoms with Gasteiger partial charge in [0.1, 0.15) is 0 Å². The molecule has 0 unspecified atom stereocenters. The zero-order chi connectivity index (χ0) is 10.3. The first kappa shape index (κ1) is 13.2. The quantitative estimate of drug-likeness (QED) is 0.466. The van der Waals surface area contributed by atoms with Gasteiger partial charge in [0, 0.05) is 0 Å². The van der Waals surface area contributed by atoms with Crippen LogP contribution in [0.5, 0.6) is 0 Å². The van der Waals surface area contributed by atoms with Gasteiger partial charge in [-0.05, 0) is 26.2 Å². The molecule has 0 bridgehead atoms. The number of nitrogens with zero attached hydrogens (tertiary/aromatic N) is 2. The monoisotopic (exact) mass is 206 g/mol. The molecule has 0 fully saturated rings. The van der Waals surface area contributed by atoms with Gasteiger partial charge in [0.25, 0.3) is 0 Å². The van der Waals surface area contributed by atoms with Gasteiger partial charge in [-0.3, -0.25) is 9.80 Å². The molecule has 0 aliphatic rings. The van der Waals surface area contributed by atoms with Gasteiger partial charge in [0.05, 0.1) is 12.0 Å². The minimum atomic E-state index is 0.409. The van der Waals surface area contributed by atoms with Gasteiger partial charge in [-0.25, -0.2) is 0 Å². The fourth-order valence-electron chi connectivity index (χ4n) is 1.72. The molecule has 0 amide bonds. The predicted octanol–water partition coefficient (Wildman–Crippen LogP) is 2.23. The summed E-state index contributed by atoms with van der Waals surface area (Å²) in [6, 6.07) is 0. The van der Waals surface area contributed by atoms with Crippen LogP contribution in [0.1, 0.15) is 27.7 Å². The molecule has 0 radical (unpaired) electrons. The van der Waals surface area contributed by atoms with E-state index in [9.17, 15) is 0 Å². The molecule has 2 nitrogen and oxygen atoms in total. The second-order valence-corrected chi connectivity index (χ2v) is 3.39. The minimum absolute atomic E-state index is 0.409. The largest absolute Gasteiger partial charge is 0.287 e. The number of hydrogen-bond donors (Lipinski definition) is 0. The van der Waals surface area contributed by atoms with E-state index in [-0.39, 0.29) is 0 Å². The molecule has 0 heterocycles. The fraction of sp³-hybridized carbons (Fsp3) is 1.00. The van der Waals surface area contributed by atoms with Crippen LogP contribution in [-0.2, 0) is 0 Å². The summed E-state index contributed by atoms with van der Waals surface area (Å²) in [5.41, 5.74) is 0. The highest BCUT2D eigenvalue weighted by Gasteiger charge is 2.19. The maximum atomic E-state index is 5.99. The molecule has 0 rings (SSSR count). The lowest BCUT2D eigenvalue weighted by Crippen LogP contribution is -2.49. The van der Waals surface area contributed by atoms with E-state index < -0.39 is 0 Å². The zero-order valence-corrected chi connectivity index (χ0v) is 10.1. The van der Waals surface area contributed by atoms with Crippen molar-refractivity contribution in [3.63, 3.8) is 0 Å². The number of rotatable bonds is 7. The van der Waals surface area contributed by atoms with E-state index in [1.165, 1.54) is 0 Å². The van der Waals surface area contributed by atoms with Crippen LogP contribution in [0, 0.1) is 0 Å². The highest BCUT2D eigenvalue weighted by molar-refractivity contribution is 6.18. The molecule has 0 aromatic rings. The van der Waals surface area contributed by atoms with Crippen molar-refractivity contribution < 1.29 is 0 Å². The lowest BCUT2D eigenvalue weighted by Gasteiger charge is -2.36. The molecular formula is C10H23ClN2. The van der Waals surface area contributed by atoms with Gasteiger partial charge in [0.2, 0.25) is 0 Å². The average molecular weight is 207 g/mol. The Balaban J connectivity index is 4.26. The fourth-order valence-corrected chi connectivity index (χ4v) is 2.11. The van der Waals surface area contributed by atoms with Crippen molar-refractivity contribution in [1.82, 2.24) is 9.80 Å². The van der Waals surface area contributed by atoms with E-state index >= 15 is 0 Å². The molecule has 0 aromatic carbocycles. The van der Waals surface area contributed by atoms with Crippen LogP contribution in [0.4, 0.5) is 0 Å². The lowest BCUT2D eigenvalue weighted by atomic mass is 10.3. The smallest absolute Gasteiger partial charge is 0.0761 e. The SMILES string of the molecule is CCN(CC)C(CCl)N(CC)CC. The Labute approximate surface area is 87.8 Å². The maximum Gasteiger partial charge on any atom is 0.0761 e. The second kappa shape index (κ2) is 7.60. The molecule has 0 spiro atoms. The Morgan fingerprint density at radius 2 is 1.15 bits per heavy atom. The average Bonchev–Trinajstić information content (AvgIpc) is 2.18. The van der Waals surface area contributed by atoms with Gasteiger partial charge < -0.3 is 0 Å². The van der Waals surface area contributed by atoms with Crippen molar-refractivity contribution in [2.45, 2.75) is 33.9 Å². The Morgan fingerprint density at radius 3 is 1.31 bits per heavy atom. The Kier molecular flexibility index (Phi) is 7.72. The first-order chi connectivity index (χ1) is 6.24. The molecule has 0 aliphatic heterocycles. The number of hydrogen-bond acceptors (Lipinski definition) is 2. The van der Waals surface area contributed by atoms with Gasteiger partial charge in [-0.2, -0.15) is 0 Å². The van der Waals surface area contributed by atoms with Crippen LogP contribution >= 0.6 is 11.6 Å². The van der Waals surface area contributed by atoms with Gasteiger partial charge in [-0.1, -0.05) is 27.7 Å². The molecule has 13 heavy (non-hydrogen) atoms. The number of alkyl halides is 1. The Bertz CT molecular complexity index is 99.5. The lowest BCUT2D eigenvalue weighted by molar-refractivity contribution is 0.0737. The van der Waals surface area contributed by atoms with Crippen molar-refractivity contribution in [3.8, 4) is 0 Å². The van der Waals surface area contributed by atoms with Crippen LogP contribution in [0.15, 0.2) is 0 Å². The van der Waals surface area contributed by atoms with E-state index in [4.69, 9.17) is 11.6 Å². The highest BCUT2D eigenvalue weighted by atomic mass is 35.5. The van der Waals surface area contributed by atoms with Crippen molar-refractivity contribution in [2.75, 3.05) is 32.1 Å². The Morgan fingerprint density at radius 1 is 0.846 bits per heavy atom. The molecule has 3 heteroatoms. The summed E-state index contributed by atoms with van der Waals surface area (Å²) in [5, 5.41) is 0. The van der Waals surface area contributed by atoms with E-state index in [0.717, 1.165) is 26.2 Å². The minimum Gasteiger partial charge on any atom is -0.287 e. The molecular weight excluding hydrogens is 184 g/mol. The molecule has 0 atom stereocenters. The molecule has 0 aromatic heterocycles. The maximum absolute atomic E-state index is 5.99. The summed E-state index contributed by atoms with van der Waals surface area (Å²) in [7, 11) is 0. The summed E-state index contributed by atoms with van der Waals surface area (Å²) in [6.07, 6.45) is 0.409. The predicted molar refractivity (Wildman–Crippen MR) is 60.4 cm³/mol. The van der Waals surface area contributed by atoms with Gasteiger partial charge in [0.15, 0.2) is 0 Å². The van der Waals surface area contributed by atoms with Crippen molar-refractivity contribution >= 4 is 11.6 Å². The molecule has 0 N–H and O–H groups in total. The van der Waals surface area contributed by atoms with Gasteiger partial charge in [-0.15, -0.1) is 11.6 Å². The third-order valence-electron chi connectivity index (χ3n) is 2.61. The summed E-state index contributed by atoms with van der Waals surface area (Å²) in [6.45, 7) is 13.0. The molecule has 0 aliphatic carbocycles. The topological polar surface area (TPSA) is 6.48 Å². The van der Waals surface area contributed by atoms with Crippen LogP contribution in [0.2, 0.25) is 0 Å². The van der Waals surface area contributed by atoms with E-state index in [1.54, 1.807) is 0 Å². The first-order valence-electron chi connectivity index (χ1n) is 5.29. The molecule has 80 valence electrons. The second-order valence-electron chi connectivity index (χ2n) is 3.08. The van der Waals surface area contributed by atoms with E-state index in [1.807, 2.05) is 0 Å². The van der Waals surface area contributed by atoms with Gasteiger partial charge >= 0.3 is 0 Å². The summed E-state index contributed by atoms with van der Waals surface area (Å²) < 4.78 is 0. The van der Waals surface area contributed by atoms with Crippen molar-refractivity contribution in [3.05, 3.63) is 0 Å². The van der Waals surface area contributed by atoms with Crippen molar-refractivity contribution in [1.29, 1.82) is 0 Å². The zero-order valence-electron chi connectivity index (χ0n) is 9.39. The highest BCUT2D eigenvalue weighted by Crippen LogP contribution is 2.07. The third kappa shape index (κ3) is 3.84. The van der Waals surface area contributed by atoms with Crippen LogP contribution in [0.25, 0.3) is 0 Å². The first-order valence-corrected chi connectivity index (χ1v) is 5.82. The molecule has 0 saturated heterocycles. The normalized spacial score (nSPS) is 12.0. The Hall–Kier alpha value is 0.210. The number of halogens is 1. The molecule has 0 saturated carbocycles. The summed E-state index contributed by atoms with van der Waals surface area (Å²) >= 11 is 5.99. The van der Waals surface area contributed by atoms with Crippen LogP contribution in [-0.4, -0.2) is 48.0 Å².